The highest BCUT2D eigenvalue weighted by Crippen LogP contribution is 2.13. The van der Waals surface area contributed by atoms with E-state index in [0.717, 1.165) is 10.2 Å². The van der Waals surface area contributed by atoms with Crippen LogP contribution in [0.4, 0.5) is 0 Å². The third-order valence-electron chi connectivity index (χ3n) is 2.26. The standard InChI is InChI=1S/C12H11BrN2O/c1-15-6-5-11(14-15)8-12(16)9-3-2-4-10(13)7-9/h2-7H,8H2,1H3. The lowest BCUT2D eigenvalue weighted by Gasteiger charge is -1.99. The Bertz CT molecular complexity index is 519. The summed E-state index contributed by atoms with van der Waals surface area (Å²) in [6.07, 6.45) is 2.18. The molecule has 0 aliphatic carbocycles. The van der Waals surface area contributed by atoms with Gasteiger partial charge in [-0.2, -0.15) is 5.10 Å². The monoisotopic (exact) mass is 278 g/mol. The number of carbonyl (C=O) groups excluding carboxylic acids is 1. The molecule has 0 atom stereocenters. The largest absolute Gasteiger partial charge is 0.294 e. The number of rotatable bonds is 3. The lowest BCUT2D eigenvalue weighted by Crippen LogP contribution is -2.04. The summed E-state index contributed by atoms with van der Waals surface area (Å²) in [6, 6.07) is 9.25. The molecule has 0 N–H and O–H groups in total. The lowest BCUT2D eigenvalue weighted by atomic mass is 10.1. The second-order valence-corrected chi connectivity index (χ2v) is 4.51. The Morgan fingerprint density at radius 1 is 1.44 bits per heavy atom. The van der Waals surface area contributed by atoms with Gasteiger partial charge in [0.1, 0.15) is 0 Å². The molecule has 16 heavy (non-hydrogen) atoms. The Morgan fingerprint density at radius 3 is 2.88 bits per heavy atom. The van der Waals surface area contributed by atoms with Crippen molar-refractivity contribution in [1.29, 1.82) is 0 Å². The van der Waals surface area contributed by atoms with E-state index < -0.39 is 0 Å². The maximum absolute atomic E-state index is 11.9. The topological polar surface area (TPSA) is 34.9 Å². The van der Waals surface area contributed by atoms with E-state index in [-0.39, 0.29) is 5.78 Å². The van der Waals surface area contributed by atoms with Crippen LogP contribution >= 0.6 is 15.9 Å². The fourth-order valence-electron chi connectivity index (χ4n) is 1.49. The number of aryl methyl sites for hydroxylation is 1. The summed E-state index contributed by atoms with van der Waals surface area (Å²) in [7, 11) is 1.84. The number of nitrogens with zero attached hydrogens (tertiary/aromatic N) is 2. The third kappa shape index (κ3) is 2.58. The Hall–Kier alpha value is -1.42. The molecule has 2 rings (SSSR count). The van der Waals surface area contributed by atoms with Gasteiger partial charge >= 0.3 is 0 Å². The summed E-state index contributed by atoms with van der Waals surface area (Å²) in [5.41, 5.74) is 1.51. The van der Waals surface area contributed by atoms with Crippen molar-refractivity contribution < 1.29 is 4.79 Å². The van der Waals surface area contributed by atoms with E-state index in [1.807, 2.05) is 43.6 Å². The van der Waals surface area contributed by atoms with Crippen LogP contribution in [-0.2, 0) is 13.5 Å². The number of aromatic nitrogens is 2. The number of ketones is 1. The first-order valence-corrected chi connectivity index (χ1v) is 5.72. The van der Waals surface area contributed by atoms with Crippen molar-refractivity contribution in [2.45, 2.75) is 6.42 Å². The minimum Gasteiger partial charge on any atom is -0.294 e. The SMILES string of the molecule is Cn1ccc(CC(=O)c2cccc(Br)c2)n1. The van der Waals surface area contributed by atoms with E-state index >= 15 is 0 Å². The molecular formula is C12H11BrN2O. The maximum Gasteiger partial charge on any atom is 0.168 e. The number of hydrogen-bond donors (Lipinski definition) is 0. The quantitative estimate of drug-likeness (QED) is 0.809. The van der Waals surface area contributed by atoms with Crippen molar-refractivity contribution in [3.05, 3.63) is 52.3 Å². The van der Waals surface area contributed by atoms with E-state index in [4.69, 9.17) is 0 Å². The van der Waals surface area contributed by atoms with E-state index in [2.05, 4.69) is 21.0 Å². The number of halogens is 1. The average Bonchev–Trinajstić information content (AvgIpc) is 2.64. The van der Waals surface area contributed by atoms with Gasteiger partial charge in [-0.3, -0.25) is 9.48 Å². The van der Waals surface area contributed by atoms with Gasteiger partial charge in [-0.05, 0) is 18.2 Å². The normalized spacial score (nSPS) is 10.4. The zero-order valence-corrected chi connectivity index (χ0v) is 10.4. The zero-order valence-electron chi connectivity index (χ0n) is 8.85. The molecule has 0 radical (unpaired) electrons. The Balaban J connectivity index is 2.14. The van der Waals surface area contributed by atoms with Crippen LogP contribution in [-0.4, -0.2) is 15.6 Å². The Morgan fingerprint density at radius 2 is 2.25 bits per heavy atom. The van der Waals surface area contributed by atoms with E-state index in [1.54, 1.807) is 4.68 Å². The molecule has 0 aliphatic heterocycles. The van der Waals surface area contributed by atoms with Crippen molar-refractivity contribution >= 4 is 21.7 Å². The van der Waals surface area contributed by atoms with Crippen molar-refractivity contribution in [2.75, 3.05) is 0 Å². The first kappa shape index (κ1) is 11.1. The fourth-order valence-corrected chi connectivity index (χ4v) is 1.89. The second kappa shape index (κ2) is 4.61. The molecule has 0 fully saturated rings. The van der Waals surface area contributed by atoms with Gasteiger partial charge in [-0.1, -0.05) is 28.1 Å². The zero-order chi connectivity index (χ0) is 11.5. The first-order chi connectivity index (χ1) is 7.65. The molecule has 2 aromatic rings. The summed E-state index contributed by atoms with van der Waals surface area (Å²) in [4.78, 5) is 11.9. The molecule has 1 aromatic heterocycles. The molecule has 0 bridgehead atoms. The smallest absolute Gasteiger partial charge is 0.168 e. The second-order valence-electron chi connectivity index (χ2n) is 3.59. The molecule has 1 aromatic carbocycles. The van der Waals surface area contributed by atoms with Gasteiger partial charge < -0.3 is 0 Å². The number of carbonyl (C=O) groups is 1. The molecule has 0 saturated heterocycles. The van der Waals surface area contributed by atoms with Gasteiger partial charge in [0.15, 0.2) is 5.78 Å². The highest BCUT2D eigenvalue weighted by atomic mass is 79.9. The molecule has 3 nitrogen and oxygen atoms in total. The number of benzene rings is 1. The average molecular weight is 279 g/mol. The van der Waals surface area contributed by atoms with Crippen LogP contribution in [0.2, 0.25) is 0 Å². The van der Waals surface area contributed by atoms with Crippen LogP contribution in [0.15, 0.2) is 41.0 Å². The van der Waals surface area contributed by atoms with Crippen LogP contribution in [0.3, 0.4) is 0 Å². The highest BCUT2D eigenvalue weighted by Gasteiger charge is 2.08. The molecule has 0 unspecified atom stereocenters. The van der Waals surface area contributed by atoms with Crippen LogP contribution in [0.25, 0.3) is 0 Å². The summed E-state index contributed by atoms with van der Waals surface area (Å²) < 4.78 is 2.61. The minimum absolute atomic E-state index is 0.0833. The summed E-state index contributed by atoms with van der Waals surface area (Å²) >= 11 is 3.35. The Kier molecular flexibility index (Phi) is 3.19. The third-order valence-corrected chi connectivity index (χ3v) is 2.75. The molecule has 0 amide bonds. The van der Waals surface area contributed by atoms with Crippen molar-refractivity contribution in [1.82, 2.24) is 9.78 Å². The van der Waals surface area contributed by atoms with Gasteiger partial charge in [0.05, 0.1) is 12.1 Å². The molecule has 0 aliphatic rings. The van der Waals surface area contributed by atoms with Crippen molar-refractivity contribution in [3.63, 3.8) is 0 Å². The Labute approximate surface area is 102 Å². The molecule has 1 heterocycles. The van der Waals surface area contributed by atoms with Gasteiger partial charge in [-0.15, -0.1) is 0 Å². The lowest BCUT2D eigenvalue weighted by molar-refractivity contribution is 0.0991. The van der Waals surface area contributed by atoms with Gasteiger partial charge in [0, 0.05) is 23.3 Å². The number of Topliss-reactive ketones (excluding diaryl/α,β-unsaturated/α-hetero) is 1. The van der Waals surface area contributed by atoms with E-state index in [0.29, 0.717) is 12.0 Å². The molecule has 0 spiro atoms. The summed E-state index contributed by atoms with van der Waals surface area (Å²) in [5, 5.41) is 4.18. The summed E-state index contributed by atoms with van der Waals surface area (Å²) in [5.74, 6) is 0.0833. The van der Waals surface area contributed by atoms with Crippen LogP contribution in [0.5, 0.6) is 0 Å². The van der Waals surface area contributed by atoms with Crippen molar-refractivity contribution in [2.24, 2.45) is 7.05 Å². The molecular weight excluding hydrogens is 268 g/mol. The van der Waals surface area contributed by atoms with Gasteiger partial charge in [0.25, 0.3) is 0 Å². The van der Waals surface area contributed by atoms with Crippen molar-refractivity contribution in [3.8, 4) is 0 Å². The van der Waals surface area contributed by atoms with Crippen LogP contribution in [0.1, 0.15) is 16.1 Å². The minimum atomic E-state index is 0.0833. The van der Waals surface area contributed by atoms with E-state index in [9.17, 15) is 4.79 Å². The van der Waals surface area contributed by atoms with E-state index in [1.165, 1.54) is 0 Å². The highest BCUT2D eigenvalue weighted by molar-refractivity contribution is 9.10. The van der Waals surface area contributed by atoms with Gasteiger partial charge in [-0.25, -0.2) is 0 Å². The molecule has 0 saturated carbocycles. The number of hydrogen-bond acceptors (Lipinski definition) is 2. The fraction of sp³-hybridized carbons (Fsp3) is 0.167. The predicted molar refractivity (Wildman–Crippen MR) is 65.4 cm³/mol. The summed E-state index contributed by atoms with van der Waals surface area (Å²) in [6.45, 7) is 0. The van der Waals surface area contributed by atoms with Crippen LogP contribution < -0.4 is 0 Å². The predicted octanol–water partition coefficient (Wildman–Crippen LogP) is 2.61. The van der Waals surface area contributed by atoms with Gasteiger partial charge in [0.2, 0.25) is 0 Å². The molecule has 4 heteroatoms. The molecule has 82 valence electrons. The maximum atomic E-state index is 11.9. The first-order valence-electron chi connectivity index (χ1n) is 4.92. The van der Waals surface area contributed by atoms with Crippen LogP contribution in [0, 0.1) is 0 Å².